The molecule has 0 saturated carbocycles. The van der Waals surface area contributed by atoms with Gasteiger partial charge in [0, 0.05) is 70.2 Å². The van der Waals surface area contributed by atoms with Crippen LogP contribution in [0, 0.1) is 0 Å². The third-order valence-corrected chi connectivity index (χ3v) is 7.12. The van der Waals surface area contributed by atoms with Gasteiger partial charge in [-0.25, -0.2) is 0 Å². The Morgan fingerprint density at radius 2 is 1.05 bits per heavy atom. The highest BCUT2D eigenvalue weighted by molar-refractivity contribution is 5.96. The molecule has 1 fully saturated rings. The van der Waals surface area contributed by atoms with E-state index in [9.17, 15) is 39.3 Å². The molecule has 1 aromatic rings. The minimum absolute atomic E-state index is 0.00698. The highest BCUT2D eigenvalue weighted by Crippen LogP contribution is 2.10. The van der Waals surface area contributed by atoms with Gasteiger partial charge >= 0.3 is 17.9 Å². The summed E-state index contributed by atoms with van der Waals surface area (Å²) in [5.41, 5.74) is 1.02. The van der Waals surface area contributed by atoms with Crippen molar-refractivity contribution in [2.75, 3.05) is 90.4 Å². The third kappa shape index (κ3) is 15.4. The molecule has 0 radical (unpaired) electrons. The summed E-state index contributed by atoms with van der Waals surface area (Å²) in [4.78, 5) is 66.5. The van der Waals surface area contributed by atoms with Gasteiger partial charge in [0.25, 0.3) is 5.91 Å². The van der Waals surface area contributed by atoms with Crippen LogP contribution in [-0.4, -0.2) is 150 Å². The lowest BCUT2D eigenvalue weighted by atomic mass is 10.1. The van der Waals surface area contributed by atoms with Crippen molar-refractivity contribution >= 4 is 35.4 Å². The van der Waals surface area contributed by atoms with Crippen LogP contribution in [0.5, 0.6) is 0 Å². The first-order valence-electron chi connectivity index (χ1n) is 14.8. The molecule has 14 nitrogen and oxygen atoms in total. The van der Waals surface area contributed by atoms with Crippen LogP contribution in [0.2, 0.25) is 0 Å². The number of nitrogens with one attached hydrogen (secondary N) is 2. The van der Waals surface area contributed by atoms with E-state index >= 15 is 0 Å². The SMILES string of the molecule is CCCCCCNC(=O)c1ccc(NC(=O)CN2CCN(CC(=O)O)CCN(CC(=O)O)CCN(CC(=O)O)CC2)cc1. The van der Waals surface area contributed by atoms with E-state index in [1.165, 1.54) is 0 Å². The maximum absolute atomic E-state index is 13.0. The highest BCUT2D eigenvalue weighted by Gasteiger charge is 2.21. The molecular weight excluding hydrogens is 560 g/mol. The van der Waals surface area contributed by atoms with Crippen molar-refractivity contribution in [2.24, 2.45) is 0 Å². The fourth-order valence-corrected chi connectivity index (χ4v) is 4.75. The second kappa shape index (κ2) is 19.6. The monoisotopic (exact) mass is 606 g/mol. The van der Waals surface area contributed by atoms with Gasteiger partial charge in [0.15, 0.2) is 0 Å². The fraction of sp³-hybridized carbons (Fsp3) is 0.621. The molecule has 1 saturated heterocycles. The molecule has 0 aromatic heterocycles. The van der Waals surface area contributed by atoms with Crippen LogP contribution in [0.15, 0.2) is 24.3 Å². The summed E-state index contributed by atoms with van der Waals surface area (Å²) in [6, 6.07) is 6.61. The van der Waals surface area contributed by atoms with E-state index in [2.05, 4.69) is 17.6 Å². The van der Waals surface area contributed by atoms with Gasteiger partial charge in [-0.05, 0) is 30.7 Å². The minimum Gasteiger partial charge on any atom is -0.480 e. The van der Waals surface area contributed by atoms with Gasteiger partial charge in [0.05, 0.1) is 26.2 Å². The summed E-state index contributed by atoms with van der Waals surface area (Å²) in [6.07, 6.45) is 4.26. The molecule has 240 valence electrons. The molecule has 5 N–H and O–H groups in total. The summed E-state index contributed by atoms with van der Waals surface area (Å²) < 4.78 is 0. The minimum atomic E-state index is -1.02. The van der Waals surface area contributed by atoms with Crippen molar-refractivity contribution in [3.8, 4) is 0 Å². The zero-order valence-electron chi connectivity index (χ0n) is 25.0. The number of carboxylic acid groups (broad SMARTS) is 3. The van der Waals surface area contributed by atoms with Crippen molar-refractivity contribution in [2.45, 2.75) is 32.6 Å². The standard InChI is InChI=1S/C29H46N6O8/c1-2-3-4-5-10-30-29(43)23-6-8-24(9-7-23)31-25(36)19-32-11-13-33(20-26(37)38)15-17-35(22-28(41)42)18-16-34(14-12-32)21-27(39)40/h6-9H,2-5,10-22H2,1H3,(H,30,43)(H,31,36)(H,37,38)(H,39,40)(H,41,42). The number of nitrogens with zero attached hydrogens (tertiary/aromatic N) is 4. The Balaban J connectivity index is 2.02. The van der Waals surface area contributed by atoms with Crippen molar-refractivity contribution in [1.82, 2.24) is 24.9 Å². The molecule has 2 rings (SSSR count). The molecule has 1 heterocycles. The average molecular weight is 607 g/mol. The van der Waals surface area contributed by atoms with Crippen molar-refractivity contribution < 1.29 is 39.3 Å². The maximum atomic E-state index is 13.0. The number of benzene rings is 1. The Hall–Kier alpha value is -3.59. The lowest BCUT2D eigenvalue weighted by Crippen LogP contribution is -2.49. The van der Waals surface area contributed by atoms with Crippen molar-refractivity contribution in [3.05, 3.63) is 29.8 Å². The number of amides is 2. The van der Waals surface area contributed by atoms with E-state index in [-0.39, 0.29) is 38.0 Å². The second-order valence-electron chi connectivity index (χ2n) is 10.7. The molecule has 14 heteroatoms. The largest absolute Gasteiger partial charge is 0.480 e. The Morgan fingerprint density at radius 3 is 1.44 bits per heavy atom. The predicted octanol–water partition coefficient (Wildman–Crippen LogP) is 0.411. The van der Waals surface area contributed by atoms with E-state index in [0.717, 1.165) is 25.7 Å². The van der Waals surface area contributed by atoms with Gasteiger partial charge in [0.1, 0.15) is 0 Å². The number of carbonyl (C=O) groups excluding carboxylic acids is 2. The van der Waals surface area contributed by atoms with Crippen LogP contribution in [0.25, 0.3) is 0 Å². The summed E-state index contributed by atoms with van der Waals surface area (Å²) in [5.74, 6) is -3.52. The molecule has 1 aromatic carbocycles. The summed E-state index contributed by atoms with van der Waals surface area (Å²) in [5, 5.41) is 33.7. The second-order valence-corrected chi connectivity index (χ2v) is 10.7. The number of hydrogen-bond acceptors (Lipinski definition) is 9. The Bertz CT molecular complexity index is 1020. The van der Waals surface area contributed by atoms with Crippen LogP contribution < -0.4 is 10.6 Å². The quantitative estimate of drug-likeness (QED) is 0.174. The van der Waals surface area contributed by atoms with E-state index in [1.54, 1.807) is 39.0 Å². The van der Waals surface area contributed by atoms with Gasteiger partial charge in [-0.3, -0.25) is 43.6 Å². The van der Waals surface area contributed by atoms with Crippen molar-refractivity contribution in [3.63, 3.8) is 0 Å². The molecule has 0 spiro atoms. The lowest BCUT2D eigenvalue weighted by Gasteiger charge is -2.32. The molecule has 43 heavy (non-hydrogen) atoms. The van der Waals surface area contributed by atoms with E-state index in [0.29, 0.717) is 70.2 Å². The first-order chi connectivity index (χ1) is 20.5. The van der Waals surface area contributed by atoms with Gasteiger partial charge in [-0.2, -0.15) is 0 Å². The first-order valence-corrected chi connectivity index (χ1v) is 14.8. The number of rotatable bonds is 15. The smallest absolute Gasteiger partial charge is 0.317 e. The number of aliphatic carboxylic acids is 3. The van der Waals surface area contributed by atoms with Crippen LogP contribution in [-0.2, 0) is 19.2 Å². The van der Waals surface area contributed by atoms with Gasteiger partial charge < -0.3 is 26.0 Å². The van der Waals surface area contributed by atoms with Gasteiger partial charge in [0.2, 0.25) is 5.91 Å². The highest BCUT2D eigenvalue weighted by atomic mass is 16.4. The van der Waals surface area contributed by atoms with Gasteiger partial charge in [-0.1, -0.05) is 26.2 Å². The predicted molar refractivity (Wildman–Crippen MR) is 160 cm³/mol. The zero-order chi connectivity index (χ0) is 31.6. The average Bonchev–Trinajstić information content (AvgIpc) is 2.93. The molecule has 2 amide bonds. The third-order valence-electron chi connectivity index (χ3n) is 7.12. The Morgan fingerprint density at radius 1 is 0.628 bits per heavy atom. The topological polar surface area (TPSA) is 183 Å². The van der Waals surface area contributed by atoms with E-state index < -0.39 is 17.9 Å². The van der Waals surface area contributed by atoms with Crippen LogP contribution in [0.1, 0.15) is 43.0 Å². The first kappa shape index (κ1) is 35.6. The molecule has 0 aliphatic carbocycles. The Labute approximate surface area is 252 Å². The summed E-state index contributed by atoms with van der Waals surface area (Å²) in [7, 11) is 0. The van der Waals surface area contributed by atoms with Crippen LogP contribution in [0.3, 0.4) is 0 Å². The maximum Gasteiger partial charge on any atom is 0.317 e. The van der Waals surface area contributed by atoms with Crippen LogP contribution in [0.4, 0.5) is 5.69 Å². The van der Waals surface area contributed by atoms with E-state index in [4.69, 9.17) is 0 Å². The number of carbonyl (C=O) groups is 5. The number of anilines is 1. The number of unbranched alkanes of at least 4 members (excludes halogenated alkanes) is 3. The van der Waals surface area contributed by atoms with E-state index in [1.807, 2.05) is 4.90 Å². The summed E-state index contributed by atoms with van der Waals surface area (Å²) in [6.45, 7) is 4.57. The lowest BCUT2D eigenvalue weighted by molar-refractivity contribution is -0.140. The molecule has 0 bridgehead atoms. The molecule has 0 atom stereocenters. The number of hydrogen-bond donors (Lipinski definition) is 5. The fourth-order valence-electron chi connectivity index (χ4n) is 4.75. The molecule has 1 aliphatic heterocycles. The van der Waals surface area contributed by atoms with Crippen molar-refractivity contribution in [1.29, 1.82) is 0 Å². The molecular formula is C29H46N6O8. The Kier molecular flexibility index (Phi) is 16.2. The van der Waals surface area contributed by atoms with Gasteiger partial charge in [-0.15, -0.1) is 0 Å². The molecule has 0 unspecified atom stereocenters. The summed E-state index contributed by atoms with van der Waals surface area (Å²) >= 11 is 0. The number of carboxylic acids is 3. The van der Waals surface area contributed by atoms with Crippen LogP contribution >= 0.6 is 0 Å². The normalized spacial score (nSPS) is 16.5. The molecule has 1 aliphatic rings. The zero-order valence-corrected chi connectivity index (χ0v) is 25.0.